The molecule has 3 rings (SSSR count). The van der Waals surface area contributed by atoms with Crippen LogP contribution in [0.3, 0.4) is 0 Å². The number of rotatable bonds is 12. The summed E-state index contributed by atoms with van der Waals surface area (Å²) in [4.78, 5) is 37.0. The lowest BCUT2D eigenvalue weighted by atomic mass is 9.95. The van der Waals surface area contributed by atoms with Gasteiger partial charge in [0, 0.05) is 14.0 Å². The zero-order valence-corrected chi connectivity index (χ0v) is 23.5. The third-order valence-electron chi connectivity index (χ3n) is 6.86. The first-order chi connectivity index (χ1) is 20.5. The molecule has 43 heavy (non-hydrogen) atoms. The summed E-state index contributed by atoms with van der Waals surface area (Å²) in [6, 6.07) is 6.12. The highest BCUT2D eigenvalue weighted by Gasteiger charge is 2.51. The number of carbonyl (C=O) groups excluding carboxylic acids is 3. The van der Waals surface area contributed by atoms with Crippen LogP contribution >= 0.6 is 0 Å². The number of hydrogen-bond donors (Lipinski definition) is 9. The van der Waals surface area contributed by atoms with Crippen LogP contribution in [0.4, 0.5) is 4.79 Å². The molecule has 0 bridgehead atoms. The fourth-order valence-corrected chi connectivity index (χ4v) is 4.55. The molecule has 17 nitrogen and oxygen atoms in total. The van der Waals surface area contributed by atoms with Gasteiger partial charge in [-0.25, -0.2) is 4.79 Å². The van der Waals surface area contributed by atoms with Crippen LogP contribution in [-0.4, -0.2) is 143 Å². The predicted molar refractivity (Wildman–Crippen MR) is 142 cm³/mol. The van der Waals surface area contributed by atoms with Gasteiger partial charge in [-0.05, 0) is 5.56 Å². The summed E-state index contributed by atoms with van der Waals surface area (Å²) in [5, 5.41) is 68.1. The van der Waals surface area contributed by atoms with Gasteiger partial charge in [-0.2, -0.15) is 0 Å². The van der Waals surface area contributed by atoms with E-state index < -0.39 is 105 Å². The standard InChI is InChI=1S/C26H39N3O14/c1-12(32)28-17-22(43-25-21(36)20(35)18(33)15(8-30)42-25)19(34)16(9-31)41-24(17)39-11-14(23(37)27-2)29-26(38)40-10-13-6-4-3-5-7-13/h3-7,14-22,24-25,30-31,33-36H,8-11H2,1-2H3,(H,27,37)(H,28,32)(H,29,38)/t14-,15+,16+,17+,18-,19+,20-,21+,22+,24+,25-/m0/s1. The van der Waals surface area contributed by atoms with Crippen LogP contribution < -0.4 is 16.0 Å². The third kappa shape index (κ3) is 9.02. The van der Waals surface area contributed by atoms with Crippen molar-refractivity contribution in [2.75, 3.05) is 26.9 Å². The van der Waals surface area contributed by atoms with Crippen molar-refractivity contribution >= 4 is 17.9 Å². The number of likely N-dealkylation sites (N-methyl/N-ethyl adjacent to an activating group) is 1. The molecule has 3 amide bonds. The molecule has 2 heterocycles. The molecule has 2 aliphatic heterocycles. The Bertz CT molecular complexity index is 1050. The maximum Gasteiger partial charge on any atom is 0.408 e. The second-order valence-electron chi connectivity index (χ2n) is 9.95. The fraction of sp³-hybridized carbons (Fsp3) is 0.654. The normalized spacial score (nSPS) is 33.2. The van der Waals surface area contributed by atoms with E-state index in [0.29, 0.717) is 5.56 Å². The lowest BCUT2D eigenvalue weighted by Crippen LogP contribution is -2.68. The van der Waals surface area contributed by atoms with Crippen molar-refractivity contribution in [3.05, 3.63) is 35.9 Å². The minimum absolute atomic E-state index is 0.0720. The van der Waals surface area contributed by atoms with Crippen molar-refractivity contribution in [3.63, 3.8) is 0 Å². The maximum atomic E-state index is 12.5. The molecule has 0 unspecified atom stereocenters. The van der Waals surface area contributed by atoms with E-state index in [4.69, 9.17) is 23.7 Å². The van der Waals surface area contributed by atoms with Crippen molar-refractivity contribution in [2.45, 2.75) is 80.9 Å². The highest BCUT2D eigenvalue weighted by Crippen LogP contribution is 2.29. The number of aliphatic hydroxyl groups excluding tert-OH is 6. The Labute approximate surface area is 246 Å². The molecule has 17 heteroatoms. The van der Waals surface area contributed by atoms with E-state index in [0.717, 1.165) is 6.92 Å². The number of benzene rings is 1. The van der Waals surface area contributed by atoms with Crippen LogP contribution in [0.2, 0.25) is 0 Å². The van der Waals surface area contributed by atoms with Gasteiger partial charge in [0.2, 0.25) is 11.8 Å². The minimum Gasteiger partial charge on any atom is -0.445 e. The first-order valence-corrected chi connectivity index (χ1v) is 13.5. The Morgan fingerprint density at radius 1 is 0.907 bits per heavy atom. The smallest absolute Gasteiger partial charge is 0.408 e. The second-order valence-corrected chi connectivity index (χ2v) is 9.95. The van der Waals surface area contributed by atoms with Crippen molar-refractivity contribution in [1.82, 2.24) is 16.0 Å². The van der Waals surface area contributed by atoms with Crippen LogP contribution in [0, 0.1) is 0 Å². The quantitative estimate of drug-likeness (QED) is 0.108. The van der Waals surface area contributed by atoms with Gasteiger partial charge in [0.1, 0.15) is 61.4 Å². The topological polar surface area (TPSA) is 255 Å². The molecular weight excluding hydrogens is 578 g/mol. The molecule has 0 radical (unpaired) electrons. The van der Waals surface area contributed by atoms with Crippen LogP contribution in [0.1, 0.15) is 12.5 Å². The number of amides is 3. The van der Waals surface area contributed by atoms with E-state index in [-0.39, 0.29) is 6.61 Å². The van der Waals surface area contributed by atoms with E-state index >= 15 is 0 Å². The largest absolute Gasteiger partial charge is 0.445 e. The van der Waals surface area contributed by atoms with Gasteiger partial charge in [0.15, 0.2) is 12.6 Å². The number of carbonyl (C=O) groups is 3. The lowest BCUT2D eigenvalue weighted by Gasteiger charge is -2.47. The highest BCUT2D eigenvalue weighted by atomic mass is 16.7. The van der Waals surface area contributed by atoms with E-state index in [9.17, 15) is 45.0 Å². The number of aliphatic hydroxyl groups is 6. The molecule has 0 spiro atoms. The first-order valence-electron chi connectivity index (χ1n) is 13.5. The van der Waals surface area contributed by atoms with Gasteiger partial charge < -0.3 is 70.3 Å². The minimum atomic E-state index is -1.85. The fourth-order valence-electron chi connectivity index (χ4n) is 4.55. The van der Waals surface area contributed by atoms with Gasteiger partial charge in [-0.1, -0.05) is 30.3 Å². The summed E-state index contributed by atoms with van der Waals surface area (Å²) < 4.78 is 27.7. The summed E-state index contributed by atoms with van der Waals surface area (Å²) in [5.74, 6) is -1.30. The number of hydrogen-bond acceptors (Lipinski definition) is 14. The molecule has 11 atom stereocenters. The Balaban J connectivity index is 1.76. The molecule has 2 saturated heterocycles. The van der Waals surface area contributed by atoms with Crippen molar-refractivity contribution < 1.29 is 68.7 Å². The van der Waals surface area contributed by atoms with Crippen LogP contribution in [0.5, 0.6) is 0 Å². The molecule has 9 N–H and O–H groups in total. The summed E-state index contributed by atoms with van der Waals surface area (Å²) in [7, 11) is 1.33. The Kier molecular flexibility index (Phi) is 13.0. The molecule has 242 valence electrons. The molecule has 1 aromatic carbocycles. The van der Waals surface area contributed by atoms with Crippen molar-refractivity contribution in [3.8, 4) is 0 Å². The maximum absolute atomic E-state index is 12.5. The average Bonchev–Trinajstić information content (AvgIpc) is 3.00. The molecule has 2 aliphatic rings. The van der Waals surface area contributed by atoms with Crippen molar-refractivity contribution in [2.24, 2.45) is 0 Å². The second kappa shape index (κ2) is 16.2. The van der Waals surface area contributed by atoms with Gasteiger partial charge in [0.05, 0.1) is 19.8 Å². The first kappa shape index (κ1) is 34.5. The third-order valence-corrected chi connectivity index (χ3v) is 6.86. The zero-order chi connectivity index (χ0) is 31.7. The monoisotopic (exact) mass is 617 g/mol. The van der Waals surface area contributed by atoms with Gasteiger partial charge in [0.25, 0.3) is 0 Å². The summed E-state index contributed by atoms with van der Waals surface area (Å²) in [6.45, 7) is -0.975. The van der Waals surface area contributed by atoms with E-state index in [1.54, 1.807) is 30.3 Å². The average molecular weight is 618 g/mol. The van der Waals surface area contributed by atoms with E-state index in [1.807, 2.05) is 0 Å². The van der Waals surface area contributed by atoms with Crippen LogP contribution in [0.15, 0.2) is 30.3 Å². The molecular formula is C26H39N3O14. The Morgan fingerprint density at radius 3 is 2.14 bits per heavy atom. The molecule has 0 aliphatic carbocycles. The van der Waals surface area contributed by atoms with Gasteiger partial charge in [-0.15, -0.1) is 0 Å². The number of nitrogens with one attached hydrogen (secondary N) is 3. The summed E-state index contributed by atoms with van der Waals surface area (Å²) in [6.07, 6.45) is -15.4. The SMILES string of the molecule is CNC(=O)[C@H](CO[C@@H]1O[C@H](CO)[C@@H](O)[C@H](O[C@@H]2O[C@H](CO)[C@H](O)[C@H](O)[C@H]2O)[C@H]1NC(C)=O)NC(=O)OCc1ccccc1. The number of alkyl carbamates (subject to hydrolysis) is 1. The Hall–Kier alpha value is -2.97. The van der Waals surface area contributed by atoms with Gasteiger partial charge in [-0.3, -0.25) is 9.59 Å². The summed E-state index contributed by atoms with van der Waals surface area (Å²) in [5.41, 5.74) is 0.707. The Morgan fingerprint density at radius 2 is 1.53 bits per heavy atom. The predicted octanol–water partition coefficient (Wildman–Crippen LogP) is -4.19. The lowest BCUT2D eigenvalue weighted by molar-refractivity contribution is -0.345. The molecule has 0 saturated carbocycles. The van der Waals surface area contributed by atoms with Gasteiger partial charge >= 0.3 is 6.09 Å². The molecule has 1 aromatic rings. The van der Waals surface area contributed by atoms with Crippen LogP contribution in [-0.2, 0) is 39.9 Å². The molecule has 2 fully saturated rings. The zero-order valence-electron chi connectivity index (χ0n) is 23.5. The van der Waals surface area contributed by atoms with Crippen molar-refractivity contribution in [1.29, 1.82) is 0 Å². The van der Waals surface area contributed by atoms with Crippen LogP contribution in [0.25, 0.3) is 0 Å². The highest BCUT2D eigenvalue weighted by molar-refractivity contribution is 5.85. The molecule has 0 aromatic heterocycles. The number of ether oxygens (including phenoxy) is 5. The van der Waals surface area contributed by atoms with E-state index in [1.165, 1.54) is 7.05 Å². The summed E-state index contributed by atoms with van der Waals surface area (Å²) >= 11 is 0. The van der Waals surface area contributed by atoms with E-state index in [2.05, 4.69) is 16.0 Å².